The number of nitrogens with one attached hydrogen (secondary N) is 1. The number of hydrogen-bond donors (Lipinski definition) is 1. The molecule has 1 saturated carbocycles. The Bertz CT molecular complexity index is 439. The molecule has 0 radical (unpaired) electrons. The van der Waals surface area contributed by atoms with Crippen molar-refractivity contribution in [2.45, 2.75) is 37.8 Å². The van der Waals surface area contributed by atoms with Crippen molar-refractivity contribution < 1.29 is 9.53 Å². The van der Waals surface area contributed by atoms with Crippen LogP contribution >= 0.6 is 0 Å². The zero-order valence-electron chi connectivity index (χ0n) is 11.8. The monoisotopic (exact) mass is 274 g/mol. The van der Waals surface area contributed by atoms with Gasteiger partial charge in [-0.2, -0.15) is 0 Å². The first-order valence-electron chi connectivity index (χ1n) is 7.52. The van der Waals surface area contributed by atoms with E-state index in [1.807, 2.05) is 23.1 Å². The van der Waals surface area contributed by atoms with Crippen molar-refractivity contribution in [3.8, 4) is 0 Å². The van der Waals surface area contributed by atoms with Crippen LogP contribution < -0.4 is 5.32 Å². The van der Waals surface area contributed by atoms with Crippen molar-refractivity contribution in [1.29, 1.82) is 0 Å². The summed E-state index contributed by atoms with van der Waals surface area (Å²) in [5.41, 5.74) is 1.27. The van der Waals surface area contributed by atoms with E-state index in [1.54, 1.807) is 0 Å². The molecule has 0 aromatic heterocycles. The molecule has 0 unspecified atom stereocenters. The second-order valence-corrected chi connectivity index (χ2v) is 5.67. The lowest BCUT2D eigenvalue weighted by atomic mass is 10.1. The zero-order chi connectivity index (χ0) is 13.8. The molecule has 2 amide bonds. The molecular weight excluding hydrogens is 252 g/mol. The Morgan fingerprint density at radius 1 is 1.25 bits per heavy atom. The van der Waals surface area contributed by atoms with Gasteiger partial charge in [0.15, 0.2) is 0 Å². The summed E-state index contributed by atoms with van der Waals surface area (Å²) in [6, 6.07) is 11.1. The molecule has 1 aliphatic heterocycles. The van der Waals surface area contributed by atoms with Gasteiger partial charge in [-0.05, 0) is 31.2 Å². The van der Waals surface area contributed by atoms with Crippen LogP contribution in [0.15, 0.2) is 30.3 Å². The number of carbonyl (C=O) groups excluding carboxylic acids is 1. The fraction of sp³-hybridized carbons (Fsp3) is 0.562. The van der Waals surface area contributed by atoms with E-state index < -0.39 is 0 Å². The van der Waals surface area contributed by atoms with Crippen LogP contribution in [0.2, 0.25) is 0 Å². The molecule has 108 valence electrons. The van der Waals surface area contributed by atoms with Gasteiger partial charge in [-0.3, -0.25) is 0 Å². The van der Waals surface area contributed by atoms with Gasteiger partial charge in [0.05, 0.1) is 12.6 Å². The van der Waals surface area contributed by atoms with Gasteiger partial charge in [-0.1, -0.05) is 30.3 Å². The maximum atomic E-state index is 12.4. The molecule has 1 atom stereocenters. The Labute approximate surface area is 120 Å². The van der Waals surface area contributed by atoms with Crippen LogP contribution in [-0.4, -0.2) is 42.8 Å². The maximum Gasteiger partial charge on any atom is 0.317 e. The van der Waals surface area contributed by atoms with Crippen molar-refractivity contribution in [1.82, 2.24) is 10.2 Å². The Hall–Kier alpha value is -1.55. The molecule has 1 N–H and O–H groups in total. The van der Waals surface area contributed by atoms with Gasteiger partial charge in [0.1, 0.15) is 0 Å². The van der Waals surface area contributed by atoms with Crippen molar-refractivity contribution in [3.63, 3.8) is 0 Å². The second kappa shape index (κ2) is 6.27. The molecule has 2 aliphatic rings. The van der Waals surface area contributed by atoms with E-state index in [0.29, 0.717) is 12.6 Å². The molecule has 3 rings (SSSR count). The number of ether oxygens (including phenoxy) is 1. The van der Waals surface area contributed by atoms with E-state index in [9.17, 15) is 4.79 Å². The van der Waals surface area contributed by atoms with Gasteiger partial charge in [0, 0.05) is 19.2 Å². The summed E-state index contributed by atoms with van der Waals surface area (Å²) in [7, 11) is 0. The SMILES string of the molecule is O=C(NC1CC1)N(CCc1ccccc1)[C@@H]1CCOC1. The predicted octanol–water partition coefficient (Wildman–Crippen LogP) is 2.19. The number of nitrogens with zero attached hydrogens (tertiary/aromatic N) is 1. The minimum atomic E-state index is 0.0823. The molecule has 4 nitrogen and oxygen atoms in total. The van der Waals surface area contributed by atoms with E-state index >= 15 is 0 Å². The molecule has 1 aromatic rings. The van der Waals surface area contributed by atoms with E-state index in [4.69, 9.17) is 4.74 Å². The van der Waals surface area contributed by atoms with Crippen molar-refractivity contribution >= 4 is 6.03 Å². The van der Waals surface area contributed by atoms with Crippen molar-refractivity contribution in [2.75, 3.05) is 19.8 Å². The lowest BCUT2D eigenvalue weighted by Crippen LogP contribution is -2.48. The van der Waals surface area contributed by atoms with E-state index in [1.165, 1.54) is 5.56 Å². The first-order valence-corrected chi connectivity index (χ1v) is 7.52. The molecule has 0 spiro atoms. The van der Waals surface area contributed by atoms with Gasteiger partial charge in [0.2, 0.25) is 0 Å². The Kier molecular flexibility index (Phi) is 4.21. The van der Waals surface area contributed by atoms with Gasteiger partial charge in [-0.15, -0.1) is 0 Å². The highest BCUT2D eigenvalue weighted by Crippen LogP contribution is 2.20. The summed E-state index contributed by atoms with van der Waals surface area (Å²) < 4.78 is 5.44. The third-order valence-electron chi connectivity index (χ3n) is 4.00. The minimum absolute atomic E-state index is 0.0823. The quantitative estimate of drug-likeness (QED) is 0.894. The molecule has 2 fully saturated rings. The number of benzene rings is 1. The topological polar surface area (TPSA) is 41.6 Å². The maximum absolute atomic E-state index is 12.4. The normalized spacial score (nSPS) is 21.7. The van der Waals surface area contributed by atoms with Crippen LogP contribution in [0.1, 0.15) is 24.8 Å². The van der Waals surface area contributed by atoms with Gasteiger partial charge >= 0.3 is 6.03 Å². The average molecular weight is 274 g/mol. The Morgan fingerprint density at radius 2 is 2.05 bits per heavy atom. The highest BCUT2D eigenvalue weighted by atomic mass is 16.5. The van der Waals surface area contributed by atoms with Gasteiger partial charge in [0.25, 0.3) is 0 Å². The summed E-state index contributed by atoms with van der Waals surface area (Å²) in [6.45, 7) is 2.20. The highest BCUT2D eigenvalue weighted by molar-refractivity contribution is 5.75. The van der Waals surface area contributed by atoms with Crippen LogP contribution in [-0.2, 0) is 11.2 Å². The summed E-state index contributed by atoms with van der Waals surface area (Å²) in [5, 5.41) is 3.10. The summed E-state index contributed by atoms with van der Waals surface area (Å²) in [5.74, 6) is 0. The molecule has 20 heavy (non-hydrogen) atoms. The summed E-state index contributed by atoms with van der Waals surface area (Å²) in [6.07, 6.45) is 4.10. The number of carbonyl (C=O) groups is 1. The Balaban J connectivity index is 1.60. The van der Waals surface area contributed by atoms with Gasteiger partial charge < -0.3 is 15.0 Å². The molecule has 1 aromatic carbocycles. The highest BCUT2D eigenvalue weighted by Gasteiger charge is 2.31. The van der Waals surface area contributed by atoms with Gasteiger partial charge in [-0.25, -0.2) is 4.79 Å². The summed E-state index contributed by atoms with van der Waals surface area (Å²) in [4.78, 5) is 14.3. The lowest BCUT2D eigenvalue weighted by molar-refractivity contribution is 0.146. The van der Waals surface area contributed by atoms with E-state index in [-0.39, 0.29) is 12.1 Å². The van der Waals surface area contributed by atoms with Crippen molar-refractivity contribution in [2.24, 2.45) is 0 Å². The minimum Gasteiger partial charge on any atom is -0.379 e. The van der Waals surface area contributed by atoms with Crippen LogP contribution in [0.4, 0.5) is 4.79 Å². The van der Waals surface area contributed by atoms with Crippen molar-refractivity contribution in [3.05, 3.63) is 35.9 Å². The number of rotatable bonds is 5. The van der Waals surface area contributed by atoms with E-state index in [2.05, 4.69) is 17.4 Å². The smallest absolute Gasteiger partial charge is 0.317 e. The van der Waals surface area contributed by atoms with Crippen LogP contribution in [0.5, 0.6) is 0 Å². The lowest BCUT2D eigenvalue weighted by Gasteiger charge is -2.28. The molecule has 1 heterocycles. The number of amides is 2. The fourth-order valence-electron chi connectivity index (χ4n) is 2.60. The third-order valence-corrected chi connectivity index (χ3v) is 4.00. The first-order chi connectivity index (χ1) is 9.83. The molecular formula is C16H22N2O2. The average Bonchev–Trinajstić information content (AvgIpc) is 3.12. The fourth-order valence-corrected chi connectivity index (χ4v) is 2.60. The number of hydrogen-bond acceptors (Lipinski definition) is 2. The molecule has 0 bridgehead atoms. The molecule has 4 heteroatoms. The van der Waals surface area contributed by atoms with Crippen LogP contribution in [0.25, 0.3) is 0 Å². The summed E-state index contributed by atoms with van der Waals surface area (Å²) >= 11 is 0. The van der Waals surface area contributed by atoms with Crippen LogP contribution in [0.3, 0.4) is 0 Å². The standard InChI is InChI=1S/C16H22N2O2/c19-16(17-14-6-7-14)18(15-9-11-20-12-15)10-8-13-4-2-1-3-5-13/h1-5,14-15H,6-12H2,(H,17,19)/t15-/m1/s1. The van der Waals surface area contributed by atoms with E-state index in [0.717, 1.165) is 38.8 Å². The largest absolute Gasteiger partial charge is 0.379 e. The number of urea groups is 1. The molecule has 1 aliphatic carbocycles. The third kappa shape index (κ3) is 3.51. The Morgan fingerprint density at radius 3 is 2.70 bits per heavy atom. The van der Waals surface area contributed by atoms with Crippen LogP contribution in [0, 0.1) is 0 Å². The second-order valence-electron chi connectivity index (χ2n) is 5.67. The zero-order valence-corrected chi connectivity index (χ0v) is 11.8. The molecule has 1 saturated heterocycles. The first kappa shape index (κ1) is 13.4. The predicted molar refractivity (Wildman–Crippen MR) is 77.6 cm³/mol.